The largest absolute Gasteiger partial charge is 0.506 e. The quantitative estimate of drug-likeness (QED) is 0.740. The van der Waals surface area contributed by atoms with Crippen molar-refractivity contribution in [2.24, 2.45) is 4.99 Å². The second-order valence-electron chi connectivity index (χ2n) is 2.75. The van der Waals surface area contributed by atoms with E-state index < -0.39 is 0 Å². The van der Waals surface area contributed by atoms with Gasteiger partial charge in [-0.3, -0.25) is 4.79 Å². The number of carbonyl (C=O) groups is 1. The fourth-order valence-corrected chi connectivity index (χ4v) is 1.68. The van der Waals surface area contributed by atoms with Gasteiger partial charge in [0.2, 0.25) is 0 Å². The molecule has 1 fully saturated rings. The molecule has 72 valence electrons. The van der Waals surface area contributed by atoms with Gasteiger partial charge in [0.15, 0.2) is 0 Å². The van der Waals surface area contributed by atoms with Crippen molar-refractivity contribution >= 4 is 28.5 Å². The zero-order chi connectivity index (χ0) is 9.97. The first-order chi connectivity index (χ1) is 6.75. The number of benzene rings is 1. The highest BCUT2D eigenvalue weighted by Crippen LogP contribution is 2.25. The number of rotatable bonds is 1. The molecule has 0 unspecified atom stereocenters. The molecule has 0 bridgehead atoms. The Morgan fingerprint density at radius 2 is 2.21 bits per heavy atom. The molecule has 0 spiro atoms. The molecule has 0 atom stereocenters. The van der Waals surface area contributed by atoms with Crippen molar-refractivity contribution in [3.8, 4) is 5.75 Å². The number of amides is 1. The third kappa shape index (κ3) is 1.88. The molecule has 1 amide bonds. The van der Waals surface area contributed by atoms with Crippen molar-refractivity contribution in [3.63, 3.8) is 0 Å². The molecule has 0 aromatic heterocycles. The fraction of sp³-hybridized carbons (Fsp3) is 0.111. The summed E-state index contributed by atoms with van der Waals surface area (Å²) >= 11 is 1.17. The summed E-state index contributed by atoms with van der Waals surface area (Å²) in [6.45, 7) is 0. The highest BCUT2D eigenvalue weighted by Gasteiger charge is 2.16. The maximum Gasteiger partial charge on any atom is 0.284 e. The predicted molar refractivity (Wildman–Crippen MR) is 56.2 cm³/mol. The number of nitrogens with one attached hydrogen (secondary N) is 1. The van der Waals surface area contributed by atoms with Crippen LogP contribution in [0.2, 0.25) is 0 Å². The van der Waals surface area contributed by atoms with Gasteiger partial charge < -0.3 is 10.4 Å². The molecule has 0 radical (unpaired) electrons. The third-order valence-corrected chi connectivity index (χ3v) is 2.51. The first-order valence-electron chi connectivity index (χ1n) is 4.05. The number of hydrogen-bond donors (Lipinski definition) is 2. The zero-order valence-corrected chi connectivity index (χ0v) is 8.04. The van der Waals surface area contributed by atoms with Gasteiger partial charge in [-0.05, 0) is 12.1 Å². The number of aliphatic imine (C=N–C) groups is 1. The number of phenolic OH excluding ortho intramolecular Hbond substituents is 1. The lowest BCUT2D eigenvalue weighted by Crippen LogP contribution is -2.18. The van der Waals surface area contributed by atoms with Gasteiger partial charge in [0.05, 0.1) is 5.75 Å². The smallest absolute Gasteiger partial charge is 0.284 e. The van der Waals surface area contributed by atoms with Crippen LogP contribution in [0.3, 0.4) is 0 Å². The SMILES string of the molecule is O=C1NC(=Nc2ccccc2O)CS1. The molecular formula is C9H8N2O2S. The van der Waals surface area contributed by atoms with Crippen molar-refractivity contribution in [3.05, 3.63) is 24.3 Å². The van der Waals surface area contributed by atoms with Crippen molar-refractivity contribution in [2.45, 2.75) is 0 Å². The minimum Gasteiger partial charge on any atom is -0.506 e. The van der Waals surface area contributed by atoms with E-state index in [-0.39, 0.29) is 11.0 Å². The number of carbonyl (C=O) groups excluding carboxylic acids is 1. The summed E-state index contributed by atoms with van der Waals surface area (Å²) in [4.78, 5) is 15.0. The molecular weight excluding hydrogens is 200 g/mol. The van der Waals surface area contributed by atoms with Crippen LogP contribution in [0, 0.1) is 0 Å². The summed E-state index contributed by atoms with van der Waals surface area (Å²) in [6.07, 6.45) is 0. The van der Waals surface area contributed by atoms with Crippen LogP contribution >= 0.6 is 11.8 Å². The van der Waals surface area contributed by atoms with Gasteiger partial charge in [-0.25, -0.2) is 4.99 Å². The Morgan fingerprint density at radius 3 is 2.86 bits per heavy atom. The van der Waals surface area contributed by atoms with Crippen LogP contribution in [0.25, 0.3) is 0 Å². The van der Waals surface area contributed by atoms with Crippen molar-refractivity contribution < 1.29 is 9.90 Å². The summed E-state index contributed by atoms with van der Waals surface area (Å²) in [5.41, 5.74) is 0.477. The van der Waals surface area contributed by atoms with Crippen LogP contribution < -0.4 is 5.32 Å². The summed E-state index contributed by atoms with van der Waals surface area (Å²) in [5, 5.41) is 11.9. The van der Waals surface area contributed by atoms with E-state index in [4.69, 9.17) is 0 Å². The molecule has 1 heterocycles. The van der Waals surface area contributed by atoms with E-state index in [1.807, 2.05) is 0 Å². The van der Waals surface area contributed by atoms with Gasteiger partial charge >= 0.3 is 0 Å². The number of amidine groups is 1. The van der Waals surface area contributed by atoms with Gasteiger partial charge in [-0.1, -0.05) is 23.9 Å². The van der Waals surface area contributed by atoms with E-state index in [2.05, 4.69) is 10.3 Å². The van der Waals surface area contributed by atoms with Gasteiger partial charge in [0.1, 0.15) is 17.3 Å². The van der Waals surface area contributed by atoms with Gasteiger partial charge in [-0.15, -0.1) is 0 Å². The molecule has 5 heteroatoms. The Kier molecular flexibility index (Phi) is 2.41. The number of para-hydroxylation sites is 2. The van der Waals surface area contributed by atoms with Crippen LogP contribution in [0.1, 0.15) is 0 Å². The summed E-state index contributed by atoms with van der Waals surface area (Å²) in [6, 6.07) is 6.75. The first-order valence-corrected chi connectivity index (χ1v) is 5.03. The summed E-state index contributed by atoms with van der Waals surface area (Å²) < 4.78 is 0. The maximum atomic E-state index is 10.8. The fourth-order valence-electron chi connectivity index (χ4n) is 1.09. The molecule has 0 saturated carbocycles. The maximum absolute atomic E-state index is 10.8. The number of aromatic hydroxyl groups is 1. The summed E-state index contributed by atoms with van der Waals surface area (Å²) in [7, 11) is 0. The predicted octanol–water partition coefficient (Wildman–Crippen LogP) is 1.88. The molecule has 0 aliphatic carbocycles. The lowest BCUT2D eigenvalue weighted by molar-refractivity contribution is 0.265. The standard InChI is InChI=1S/C9H8N2O2S/c12-7-4-2-1-3-6(7)10-8-5-14-9(13)11-8/h1-4,12H,5H2,(H,10,11,13). The van der Waals surface area contributed by atoms with Crippen molar-refractivity contribution in [1.82, 2.24) is 5.32 Å². The highest BCUT2D eigenvalue weighted by atomic mass is 32.2. The number of phenols is 1. The average molecular weight is 208 g/mol. The molecule has 1 aromatic carbocycles. The van der Waals surface area contributed by atoms with Crippen molar-refractivity contribution in [1.29, 1.82) is 0 Å². The first kappa shape index (κ1) is 9.08. The van der Waals surface area contributed by atoms with Crippen LogP contribution in [-0.4, -0.2) is 21.9 Å². The van der Waals surface area contributed by atoms with E-state index in [1.54, 1.807) is 24.3 Å². The number of thioether (sulfide) groups is 1. The minimum absolute atomic E-state index is 0.0980. The Bertz CT molecular complexity index is 404. The number of nitrogens with zero attached hydrogens (tertiary/aromatic N) is 1. The molecule has 4 nitrogen and oxygen atoms in total. The van der Waals surface area contributed by atoms with Crippen molar-refractivity contribution in [2.75, 3.05) is 5.75 Å². The lowest BCUT2D eigenvalue weighted by Gasteiger charge is -1.98. The number of hydrogen-bond acceptors (Lipinski definition) is 4. The molecule has 1 aliphatic heterocycles. The molecule has 2 rings (SSSR count). The van der Waals surface area contributed by atoms with Gasteiger partial charge in [0, 0.05) is 0 Å². The van der Waals surface area contributed by atoms with Gasteiger partial charge in [0.25, 0.3) is 5.24 Å². The zero-order valence-electron chi connectivity index (χ0n) is 7.23. The topological polar surface area (TPSA) is 61.7 Å². The van der Waals surface area contributed by atoms with E-state index >= 15 is 0 Å². The van der Waals surface area contributed by atoms with Crippen LogP contribution in [0.5, 0.6) is 5.75 Å². The highest BCUT2D eigenvalue weighted by molar-refractivity contribution is 8.14. The third-order valence-electron chi connectivity index (χ3n) is 1.72. The molecule has 14 heavy (non-hydrogen) atoms. The lowest BCUT2D eigenvalue weighted by atomic mass is 10.3. The minimum atomic E-state index is -0.0980. The molecule has 1 aliphatic rings. The van der Waals surface area contributed by atoms with E-state index in [1.165, 1.54) is 11.8 Å². The second kappa shape index (κ2) is 3.71. The second-order valence-corrected chi connectivity index (χ2v) is 3.70. The molecule has 1 aromatic rings. The van der Waals surface area contributed by atoms with E-state index in [9.17, 15) is 9.90 Å². The Morgan fingerprint density at radius 1 is 1.43 bits per heavy atom. The van der Waals surface area contributed by atoms with Crippen LogP contribution in [0.4, 0.5) is 10.5 Å². The summed E-state index contributed by atoms with van der Waals surface area (Å²) in [5.74, 6) is 1.24. The van der Waals surface area contributed by atoms with Gasteiger partial charge in [-0.2, -0.15) is 0 Å². The van der Waals surface area contributed by atoms with Crippen LogP contribution in [0.15, 0.2) is 29.3 Å². The monoisotopic (exact) mass is 208 g/mol. The normalized spacial score (nSPS) is 18.6. The van der Waals surface area contributed by atoms with E-state index in [0.717, 1.165) is 0 Å². The molecule has 1 saturated heterocycles. The molecule has 2 N–H and O–H groups in total. The van der Waals surface area contributed by atoms with Crippen LogP contribution in [-0.2, 0) is 0 Å². The Balaban J connectivity index is 2.25. The Labute approximate surface area is 85.0 Å². The Hall–Kier alpha value is -1.49. The van der Waals surface area contributed by atoms with E-state index in [0.29, 0.717) is 17.3 Å². The average Bonchev–Trinajstić information content (AvgIpc) is 2.56.